The Morgan fingerprint density at radius 2 is 2.21 bits per heavy atom. The lowest BCUT2D eigenvalue weighted by Gasteiger charge is -2.07. The van der Waals surface area contributed by atoms with Crippen LogP contribution in [0.1, 0.15) is 18.9 Å². The summed E-state index contributed by atoms with van der Waals surface area (Å²) in [6, 6.07) is 6.44. The van der Waals surface area contributed by atoms with E-state index in [4.69, 9.17) is 4.74 Å². The van der Waals surface area contributed by atoms with Gasteiger partial charge in [0.15, 0.2) is 0 Å². The van der Waals surface area contributed by atoms with Crippen LogP contribution < -0.4 is 4.74 Å². The van der Waals surface area contributed by atoms with Gasteiger partial charge in [-0.3, -0.25) is 0 Å². The summed E-state index contributed by atoms with van der Waals surface area (Å²) in [4.78, 5) is 0. The first-order chi connectivity index (χ1) is 6.77. The average molecular weight is 369 g/mol. The highest BCUT2D eigenvalue weighted by atomic mass is 127. The summed E-state index contributed by atoms with van der Waals surface area (Å²) in [6.07, 6.45) is 2.29. The Hall–Kier alpha value is 0.230. The molecular weight excluding hydrogens is 355 g/mol. The maximum absolute atomic E-state index is 5.54. The van der Waals surface area contributed by atoms with Crippen LogP contribution in [0.2, 0.25) is 0 Å². The van der Waals surface area contributed by atoms with Crippen molar-refractivity contribution in [3.63, 3.8) is 0 Å². The van der Waals surface area contributed by atoms with Crippen LogP contribution in [0.25, 0.3) is 0 Å². The lowest BCUT2D eigenvalue weighted by atomic mass is 10.1. The highest BCUT2D eigenvalue weighted by molar-refractivity contribution is 14.1. The molecule has 1 rings (SSSR count). The maximum Gasteiger partial charge on any atom is 0.132 e. The first-order valence-corrected chi connectivity index (χ1v) is 6.95. The number of halogens is 2. The quantitative estimate of drug-likeness (QED) is 0.563. The topological polar surface area (TPSA) is 9.23 Å². The van der Waals surface area contributed by atoms with E-state index in [1.54, 1.807) is 0 Å². The zero-order valence-electron chi connectivity index (χ0n) is 8.22. The third-order valence-corrected chi connectivity index (χ3v) is 3.35. The van der Waals surface area contributed by atoms with Gasteiger partial charge in [0.05, 0.1) is 10.2 Å². The number of benzene rings is 1. The van der Waals surface area contributed by atoms with Crippen LogP contribution in [0.5, 0.6) is 5.75 Å². The molecule has 1 aromatic carbocycles. The average Bonchev–Trinajstić information content (AvgIpc) is 2.19. The van der Waals surface area contributed by atoms with Gasteiger partial charge in [0.1, 0.15) is 5.75 Å². The van der Waals surface area contributed by atoms with Crippen molar-refractivity contribution in [2.24, 2.45) is 0 Å². The molecule has 0 aliphatic rings. The minimum Gasteiger partial charge on any atom is -0.493 e. The van der Waals surface area contributed by atoms with Gasteiger partial charge < -0.3 is 4.74 Å². The van der Waals surface area contributed by atoms with E-state index in [-0.39, 0.29) is 0 Å². The highest BCUT2D eigenvalue weighted by Crippen LogP contribution is 2.23. The van der Waals surface area contributed by atoms with Gasteiger partial charge in [0.25, 0.3) is 0 Å². The van der Waals surface area contributed by atoms with E-state index in [2.05, 4.69) is 56.7 Å². The van der Waals surface area contributed by atoms with Crippen molar-refractivity contribution in [1.29, 1.82) is 0 Å². The standard InChI is InChI=1S/C11H14BrIO/c1-2-14-11-8-9(4-3-7-12)5-6-10(11)13/h5-6,8H,2-4,7H2,1H3. The molecule has 0 aliphatic heterocycles. The summed E-state index contributed by atoms with van der Waals surface area (Å²) >= 11 is 5.74. The van der Waals surface area contributed by atoms with Crippen molar-refractivity contribution >= 4 is 38.5 Å². The molecule has 1 aromatic rings. The molecule has 14 heavy (non-hydrogen) atoms. The Balaban J connectivity index is 2.72. The molecule has 0 spiro atoms. The van der Waals surface area contributed by atoms with E-state index in [0.29, 0.717) is 0 Å². The van der Waals surface area contributed by atoms with Gasteiger partial charge in [-0.1, -0.05) is 22.0 Å². The van der Waals surface area contributed by atoms with E-state index >= 15 is 0 Å². The summed E-state index contributed by atoms with van der Waals surface area (Å²) in [5, 5.41) is 1.06. The van der Waals surface area contributed by atoms with Gasteiger partial charge in [-0.15, -0.1) is 0 Å². The monoisotopic (exact) mass is 368 g/mol. The zero-order chi connectivity index (χ0) is 10.4. The van der Waals surface area contributed by atoms with Crippen LogP contribution in [-0.4, -0.2) is 11.9 Å². The Bertz CT molecular complexity index is 289. The summed E-state index contributed by atoms with van der Waals surface area (Å²) in [6.45, 7) is 2.75. The number of aryl methyl sites for hydroxylation is 1. The molecule has 0 atom stereocenters. The number of hydrogen-bond donors (Lipinski definition) is 0. The zero-order valence-corrected chi connectivity index (χ0v) is 12.0. The van der Waals surface area contributed by atoms with Crippen molar-refractivity contribution in [3.05, 3.63) is 27.3 Å². The van der Waals surface area contributed by atoms with Crippen LogP contribution >= 0.6 is 38.5 Å². The number of hydrogen-bond acceptors (Lipinski definition) is 1. The molecule has 0 heterocycles. The van der Waals surface area contributed by atoms with Crippen LogP contribution in [0, 0.1) is 3.57 Å². The van der Waals surface area contributed by atoms with Gasteiger partial charge in [0, 0.05) is 5.33 Å². The molecule has 0 unspecified atom stereocenters. The van der Waals surface area contributed by atoms with Crippen molar-refractivity contribution in [3.8, 4) is 5.75 Å². The highest BCUT2D eigenvalue weighted by Gasteiger charge is 2.01. The molecule has 0 fully saturated rings. The minimum absolute atomic E-state index is 0.734. The first kappa shape index (κ1) is 12.3. The van der Waals surface area contributed by atoms with E-state index in [9.17, 15) is 0 Å². The maximum atomic E-state index is 5.54. The molecule has 0 saturated carbocycles. The second-order valence-electron chi connectivity index (χ2n) is 2.99. The second kappa shape index (κ2) is 6.67. The van der Waals surface area contributed by atoms with Gasteiger partial charge in [-0.05, 0) is 60.1 Å². The molecule has 78 valence electrons. The largest absolute Gasteiger partial charge is 0.493 e. The molecule has 0 amide bonds. The van der Waals surface area contributed by atoms with E-state index in [1.165, 1.54) is 15.6 Å². The fraction of sp³-hybridized carbons (Fsp3) is 0.455. The summed E-state index contributed by atoms with van der Waals surface area (Å²) < 4.78 is 6.73. The second-order valence-corrected chi connectivity index (χ2v) is 4.95. The molecule has 0 N–H and O–H groups in total. The summed E-state index contributed by atoms with van der Waals surface area (Å²) in [5.74, 6) is 1.01. The van der Waals surface area contributed by atoms with Crippen molar-refractivity contribution < 1.29 is 4.74 Å². The van der Waals surface area contributed by atoms with Gasteiger partial charge >= 0.3 is 0 Å². The normalized spacial score (nSPS) is 10.2. The molecule has 0 aliphatic carbocycles. The Kier molecular flexibility index (Phi) is 5.86. The van der Waals surface area contributed by atoms with Gasteiger partial charge in [0.2, 0.25) is 0 Å². The van der Waals surface area contributed by atoms with Crippen LogP contribution in [0.4, 0.5) is 0 Å². The van der Waals surface area contributed by atoms with Crippen LogP contribution in [0.15, 0.2) is 18.2 Å². The Morgan fingerprint density at radius 1 is 1.43 bits per heavy atom. The molecule has 0 radical (unpaired) electrons. The van der Waals surface area contributed by atoms with Crippen molar-refractivity contribution in [1.82, 2.24) is 0 Å². The first-order valence-electron chi connectivity index (χ1n) is 4.75. The molecule has 0 saturated heterocycles. The molecule has 0 bridgehead atoms. The third-order valence-electron chi connectivity index (χ3n) is 1.89. The van der Waals surface area contributed by atoms with E-state index in [0.717, 1.165) is 24.1 Å². The summed E-state index contributed by atoms with van der Waals surface area (Å²) in [5.41, 5.74) is 1.35. The van der Waals surface area contributed by atoms with E-state index in [1.807, 2.05) is 6.92 Å². The fourth-order valence-electron chi connectivity index (χ4n) is 1.24. The predicted molar refractivity (Wildman–Crippen MR) is 72.4 cm³/mol. The number of rotatable bonds is 5. The molecule has 1 nitrogen and oxygen atoms in total. The van der Waals surface area contributed by atoms with Gasteiger partial charge in [-0.25, -0.2) is 0 Å². The summed E-state index contributed by atoms with van der Waals surface area (Å²) in [7, 11) is 0. The third kappa shape index (κ3) is 3.77. The molecule has 0 aromatic heterocycles. The SMILES string of the molecule is CCOc1cc(CCCBr)ccc1I. The van der Waals surface area contributed by atoms with E-state index < -0.39 is 0 Å². The lowest BCUT2D eigenvalue weighted by Crippen LogP contribution is -1.95. The van der Waals surface area contributed by atoms with Crippen LogP contribution in [0.3, 0.4) is 0 Å². The predicted octanol–water partition coefficient (Wildman–Crippen LogP) is 4.02. The van der Waals surface area contributed by atoms with Gasteiger partial charge in [-0.2, -0.15) is 0 Å². The number of alkyl halides is 1. The van der Waals surface area contributed by atoms with Crippen molar-refractivity contribution in [2.45, 2.75) is 19.8 Å². The molecule has 3 heteroatoms. The fourth-order valence-corrected chi connectivity index (χ4v) is 2.01. The molecular formula is C11H14BrIO. The lowest BCUT2D eigenvalue weighted by molar-refractivity contribution is 0.337. The minimum atomic E-state index is 0.734. The number of ether oxygens (including phenoxy) is 1. The van der Waals surface area contributed by atoms with Crippen LogP contribution in [-0.2, 0) is 6.42 Å². The smallest absolute Gasteiger partial charge is 0.132 e. The Labute approximate surface area is 107 Å². The Morgan fingerprint density at radius 3 is 2.86 bits per heavy atom. The van der Waals surface area contributed by atoms with Crippen molar-refractivity contribution in [2.75, 3.05) is 11.9 Å².